The second-order valence-electron chi connectivity index (χ2n) is 5.77. The molecular formula is C13H16O2. The number of Topliss-reactive ketones (excluding diaryl/α,β-unsaturated/α-hetero) is 2. The standard InChI is InChI=1S/C13H16O2/c1-8-5-9-6-10(14)12(2)3-4-13(9,7-8)11(12)15/h3-4,8-9H,5-7H2,1-2H3/t8-,9-,12-,13-/m1/s1. The van der Waals surface area contributed by atoms with E-state index in [1.54, 1.807) is 6.92 Å². The third-order valence-corrected chi connectivity index (χ3v) is 4.72. The summed E-state index contributed by atoms with van der Waals surface area (Å²) in [5.41, 5.74) is -1.04. The van der Waals surface area contributed by atoms with Crippen molar-refractivity contribution in [2.24, 2.45) is 22.7 Å². The minimum Gasteiger partial charge on any atom is -0.298 e. The highest BCUT2D eigenvalue weighted by Crippen LogP contribution is 2.60. The lowest BCUT2D eigenvalue weighted by molar-refractivity contribution is -0.146. The first kappa shape index (κ1) is 9.32. The molecule has 2 fully saturated rings. The van der Waals surface area contributed by atoms with Crippen LogP contribution < -0.4 is 0 Å². The molecule has 0 aromatic heterocycles. The number of fused-ring (bicyclic) bond motifs is 1. The molecule has 2 saturated carbocycles. The van der Waals surface area contributed by atoms with Gasteiger partial charge in [-0.1, -0.05) is 19.1 Å². The Labute approximate surface area is 89.7 Å². The van der Waals surface area contributed by atoms with Crippen LogP contribution in [0.4, 0.5) is 0 Å². The van der Waals surface area contributed by atoms with Crippen molar-refractivity contribution < 1.29 is 9.59 Å². The Kier molecular flexibility index (Phi) is 1.50. The van der Waals surface area contributed by atoms with Crippen LogP contribution >= 0.6 is 0 Å². The van der Waals surface area contributed by atoms with Crippen LogP contribution in [0.2, 0.25) is 0 Å². The van der Waals surface area contributed by atoms with Gasteiger partial charge >= 0.3 is 0 Å². The molecule has 2 heteroatoms. The van der Waals surface area contributed by atoms with E-state index in [1.165, 1.54) is 0 Å². The molecule has 0 saturated heterocycles. The number of ketones is 2. The van der Waals surface area contributed by atoms with Gasteiger partial charge in [0.05, 0.1) is 5.41 Å². The van der Waals surface area contributed by atoms with E-state index in [9.17, 15) is 9.59 Å². The van der Waals surface area contributed by atoms with E-state index in [4.69, 9.17) is 0 Å². The molecule has 0 radical (unpaired) electrons. The van der Waals surface area contributed by atoms with Gasteiger partial charge in [0.15, 0.2) is 5.78 Å². The van der Waals surface area contributed by atoms with Crippen molar-refractivity contribution in [3.05, 3.63) is 12.2 Å². The maximum absolute atomic E-state index is 12.4. The summed E-state index contributed by atoms with van der Waals surface area (Å²) in [6, 6.07) is 0. The maximum Gasteiger partial charge on any atom is 0.160 e. The van der Waals surface area contributed by atoms with Crippen LogP contribution in [0.3, 0.4) is 0 Å². The lowest BCUT2D eigenvalue weighted by atomic mass is 9.62. The van der Waals surface area contributed by atoms with Gasteiger partial charge in [0, 0.05) is 6.42 Å². The lowest BCUT2D eigenvalue weighted by Gasteiger charge is -2.37. The third-order valence-electron chi connectivity index (χ3n) is 4.72. The molecule has 15 heavy (non-hydrogen) atoms. The van der Waals surface area contributed by atoms with Crippen LogP contribution in [0.25, 0.3) is 0 Å². The van der Waals surface area contributed by atoms with Gasteiger partial charge in [-0.15, -0.1) is 0 Å². The Balaban J connectivity index is 2.14. The summed E-state index contributed by atoms with van der Waals surface area (Å²) in [7, 11) is 0. The van der Waals surface area contributed by atoms with E-state index >= 15 is 0 Å². The molecular weight excluding hydrogens is 188 g/mol. The van der Waals surface area contributed by atoms with E-state index < -0.39 is 5.41 Å². The Bertz CT molecular complexity index is 395. The Hall–Kier alpha value is -0.920. The molecule has 0 amide bonds. The molecule has 1 spiro atoms. The highest BCUT2D eigenvalue weighted by Gasteiger charge is 2.63. The number of rotatable bonds is 0. The van der Waals surface area contributed by atoms with Crippen LogP contribution in [0.15, 0.2) is 12.2 Å². The van der Waals surface area contributed by atoms with Gasteiger partial charge in [0.25, 0.3) is 0 Å². The van der Waals surface area contributed by atoms with Gasteiger partial charge in [-0.25, -0.2) is 0 Å². The molecule has 0 unspecified atom stereocenters. The predicted molar refractivity (Wildman–Crippen MR) is 56.2 cm³/mol. The number of allylic oxidation sites excluding steroid dienone is 2. The van der Waals surface area contributed by atoms with Crippen molar-refractivity contribution in [1.82, 2.24) is 0 Å². The van der Waals surface area contributed by atoms with Gasteiger partial charge in [-0.2, -0.15) is 0 Å². The SMILES string of the molecule is C[C@@H]1C[C@@H]2CC(=O)[C@@]3(C)C=C[C@]2(C1)C3=O. The van der Waals surface area contributed by atoms with Crippen LogP contribution in [-0.4, -0.2) is 11.6 Å². The molecule has 0 aliphatic heterocycles. The minimum absolute atomic E-state index is 0.135. The highest BCUT2D eigenvalue weighted by molar-refractivity contribution is 6.16. The van der Waals surface area contributed by atoms with Crippen molar-refractivity contribution in [2.75, 3.05) is 0 Å². The van der Waals surface area contributed by atoms with E-state index in [0.29, 0.717) is 18.3 Å². The normalized spacial score (nSPS) is 52.4. The lowest BCUT2D eigenvalue weighted by Crippen LogP contribution is -2.48. The van der Waals surface area contributed by atoms with Gasteiger partial charge in [-0.05, 0) is 31.6 Å². The Morgan fingerprint density at radius 1 is 1.33 bits per heavy atom. The molecule has 0 heterocycles. The minimum atomic E-state index is -0.777. The molecule has 80 valence electrons. The van der Waals surface area contributed by atoms with Gasteiger partial charge in [-0.3, -0.25) is 9.59 Å². The summed E-state index contributed by atoms with van der Waals surface area (Å²) in [5, 5.41) is 0. The van der Waals surface area contributed by atoms with Crippen molar-refractivity contribution in [1.29, 1.82) is 0 Å². The summed E-state index contributed by atoms with van der Waals surface area (Å²) >= 11 is 0. The smallest absolute Gasteiger partial charge is 0.160 e. The molecule has 0 N–H and O–H groups in total. The number of carbonyl (C=O) groups is 2. The molecule has 2 nitrogen and oxygen atoms in total. The van der Waals surface area contributed by atoms with Crippen LogP contribution in [0.5, 0.6) is 0 Å². The average Bonchev–Trinajstić information content (AvgIpc) is 2.58. The fourth-order valence-corrected chi connectivity index (χ4v) is 3.88. The van der Waals surface area contributed by atoms with Crippen molar-refractivity contribution in [3.63, 3.8) is 0 Å². The van der Waals surface area contributed by atoms with Crippen molar-refractivity contribution in [2.45, 2.75) is 33.1 Å². The first-order valence-electron chi connectivity index (χ1n) is 5.78. The molecule has 4 atom stereocenters. The summed E-state index contributed by atoms with van der Waals surface area (Å²) in [4.78, 5) is 24.3. The first-order chi connectivity index (χ1) is 6.99. The third kappa shape index (κ3) is 0.865. The average molecular weight is 204 g/mol. The highest BCUT2D eigenvalue weighted by atomic mass is 16.2. The van der Waals surface area contributed by atoms with Gasteiger partial charge < -0.3 is 0 Å². The largest absolute Gasteiger partial charge is 0.298 e. The quantitative estimate of drug-likeness (QED) is 0.447. The Morgan fingerprint density at radius 2 is 2.07 bits per heavy atom. The number of hydrogen-bond acceptors (Lipinski definition) is 2. The molecule has 3 aliphatic rings. The molecule has 0 aromatic rings. The van der Waals surface area contributed by atoms with Gasteiger partial charge in [0.1, 0.15) is 11.2 Å². The van der Waals surface area contributed by atoms with Crippen LogP contribution in [-0.2, 0) is 9.59 Å². The van der Waals surface area contributed by atoms with Crippen LogP contribution in [0, 0.1) is 22.7 Å². The second kappa shape index (κ2) is 2.42. The molecule has 3 aliphatic carbocycles. The summed E-state index contributed by atoms with van der Waals surface area (Å²) in [5.74, 6) is 1.19. The second-order valence-corrected chi connectivity index (χ2v) is 5.77. The fourth-order valence-electron chi connectivity index (χ4n) is 3.88. The first-order valence-corrected chi connectivity index (χ1v) is 5.78. The van der Waals surface area contributed by atoms with E-state index in [1.807, 2.05) is 6.08 Å². The van der Waals surface area contributed by atoms with Crippen LogP contribution in [0.1, 0.15) is 33.1 Å². The van der Waals surface area contributed by atoms with Crippen molar-refractivity contribution >= 4 is 11.6 Å². The summed E-state index contributed by atoms with van der Waals surface area (Å²) in [6.07, 6.45) is 6.53. The summed E-state index contributed by atoms with van der Waals surface area (Å²) < 4.78 is 0. The Morgan fingerprint density at radius 3 is 2.80 bits per heavy atom. The van der Waals surface area contributed by atoms with Gasteiger partial charge in [0.2, 0.25) is 0 Å². The van der Waals surface area contributed by atoms with E-state index in [0.717, 1.165) is 12.8 Å². The van der Waals surface area contributed by atoms with Crippen molar-refractivity contribution in [3.8, 4) is 0 Å². The molecule has 3 rings (SSSR count). The molecule has 2 bridgehead atoms. The maximum atomic E-state index is 12.4. The molecule has 0 aromatic carbocycles. The zero-order chi connectivity index (χ0) is 10.8. The topological polar surface area (TPSA) is 34.1 Å². The monoisotopic (exact) mass is 204 g/mol. The zero-order valence-electron chi connectivity index (χ0n) is 9.25. The fraction of sp³-hybridized carbons (Fsp3) is 0.692. The predicted octanol–water partition coefficient (Wildman–Crippen LogP) is 2.14. The zero-order valence-corrected chi connectivity index (χ0v) is 9.25. The van der Waals surface area contributed by atoms with E-state index in [2.05, 4.69) is 13.0 Å². The number of carbonyl (C=O) groups excluding carboxylic acids is 2. The van der Waals surface area contributed by atoms with E-state index in [-0.39, 0.29) is 17.0 Å². The number of hydrogen-bond donors (Lipinski definition) is 0. The summed E-state index contributed by atoms with van der Waals surface area (Å²) in [6.45, 7) is 3.98.